The maximum atomic E-state index is 12.6. The Morgan fingerprint density at radius 2 is 1.86 bits per heavy atom. The number of aliphatic hydroxyl groups is 1. The first-order valence-corrected chi connectivity index (χ1v) is 9.54. The maximum Gasteiger partial charge on any atom is 0.256 e. The quantitative estimate of drug-likeness (QED) is 0.563. The molecule has 0 unspecified atom stereocenters. The second kappa shape index (κ2) is 9.96. The summed E-state index contributed by atoms with van der Waals surface area (Å²) in [4.78, 5) is 12.6. The summed E-state index contributed by atoms with van der Waals surface area (Å²) in [7, 11) is 1.65. The molecule has 0 aliphatic carbocycles. The van der Waals surface area contributed by atoms with Gasteiger partial charge in [0.05, 0.1) is 20.3 Å². The van der Waals surface area contributed by atoms with Gasteiger partial charge in [0, 0.05) is 28.8 Å². The monoisotopic (exact) mass is 411 g/mol. The summed E-state index contributed by atoms with van der Waals surface area (Å²) in [5.74, 6) is 1.13. The van der Waals surface area contributed by atoms with E-state index in [0.29, 0.717) is 40.6 Å². The molecule has 150 valence electrons. The number of halogens is 1. The number of carbonyl (C=O) groups is 1. The molecule has 0 radical (unpaired) electrons. The van der Waals surface area contributed by atoms with Crippen molar-refractivity contribution in [1.82, 2.24) is 0 Å². The lowest BCUT2D eigenvalue weighted by Crippen LogP contribution is -2.14. The summed E-state index contributed by atoms with van der Waals surface area (Å²) in [5.41, 5.74) is 2.50. The van der Waals surface area contributed by atoms with Crippen molar-refractivity contribution in [3.05, 3.63) is 88.4 Å². The first-order chi connectivity index (χ1) is 14.1. The van der Waals surface area contributed by atoms with E-state index in [9.17, 15) is 9.90 Å². The van der Waals surface area contributed by atoms with Crippen LogP contribution in [0, 0.1) is 0 Å². The minimum atomic E-state index is -0.345. The minimum Gasteiger partial charge on any atom is -0.496 e. The summed E-state index contributed by atoms with van der Waals surface area (Å²) in [6.07, 6.45) is 0.697. The molecule has 2 N–H and O–H groups in total. The number of para-hydroxylation sites is 1. The van der Waals surface area contributed by atoms with Crippen molar-refractivity contribution < 1.29 is 19.4 Å². The molecule has 0 atom stereocenters. The molecular formula is C23H22ClNO4. The third kappa shape index (κ3) is 5.50. The van der Waals surface area contributed by atoms with Crippen LogP contribution >= 0.6 is 11.6 Å². The predicted molar refractivity (Wildman–Crippen MR) is 114 cm³/mol. The fraction of sp³-hybridized carbons (Fsp3) is 0.174. The Bertz CT molecular complexity index is 990. The van der Waals surface area contributed by atoms with E-state index in [2.05, 4.69) is 5.32 Å². The van der Waals surface area contributed by atoms with E-state index in [1.165, 1.54) is 6.07 Å². The highest BCUT2D eigenvalue weighted by molar-refractivity contribution is 6.31. The SMILES string of the molecule is COc1ccccc1CCOc1cccc(NC(=O)c2cc(Cl)ccc2CO)c1. The van der Waals surface area contributed by atoms with Gasteiger partial charge in [-0.3, -0.25) is 4.79 Å². The average molecular weight is 412 g/mol. The van der Waals surface area contributed by atoms with Crippen molar-refractivity contribution in [2.75, 3.05) is 19.0 Å². The first kappa shape index (κ1) is 20.7. The van der Waals surface area contributed by atoms with Gasteiger partial charge in [-0.2, -0.15) is 0 Å². The number of ether oxygens (including phenoxy) is 2. The van der Waals surface area contributed by atoms with Gasteiger partial charge in [0.25, 0.3) is 5.91 Å². The van der Waals surface area contributed by atoms with E-state index in [0.717, 1.165) is 11.3 Å². The number of carbonyl (C=O) groups excluding carboxylic acids is 1. The zero-order valence-corrected chi connectivity index (χ0v) is 16.8. The number of methoxy groups -OCH3 is 1. The number of aliphatic hydroxyl groups excluding tert-OH is 1. The van der Waals surface area contributed by atoms with Gasteiger partial charge >= 0.3 is 0 Å². The van der Waals surface area contributed by atoms with Crippen LogP contribution in [0.1, 0.15) is 21.5 Å². The Morgan fingerprint density at radius 1 is 1.03 bits per heavy atom. The van der Waals surface area contributed by atoms with E-state index >= 15 is 0 Å². The van der Waals surface area contributed by atoms with Crippen LogP contribution in [0.15, 0.2) is 66.7 Å². The van der Waals surface area contributed by atoms with Gasteiger partial charge in [0.15, 0.2) is 0 Å². The van der Waals surface area contributed by atoms with Crippen LogP contribution in [0.5, 0.6) is 11.5 Å². The van der Waals surface area contributed by atoms with E-state index in [1.807, 2.05) is 30.3 Å². The topological polar surface area (TPSA) is 67.8 Å². The van der Waals surface area contributed by atoms with Gasteiger partial charge in [-0.25, -0.2) is 0 Å². The van der Waals surface area contributed by atoms with Crippen LogP contribution < -0.4 is 14.8 Å². The number of benzene rings is 3. The van der Waals surface area contributed by atoms with Gasteiger partial charge in [0.1, 0.15) is 11.5 Å². The maximum absolute atomic E-state index is 12.6. The highest BCUT2D eigenvalue weighted by Gasteiger charge is 2.12. The Morgan fingerprint density at radius 3 is 2.66 bits per heavy atom. The Labute approximate surface area is 174 Å². The smallest absolute Gasteiger partial charge is 0.256 e. The molecule has 29 heavy (non-hydrogen) atoms. The first-order valence-electron chi connectivity index (χ1n) is 9.16. The van der Waals surface area contributed by atoms with Crippen molar-refractivity contribution >= 4 is 23.2 Å². The molecule has 0 aromatic heterocycles. The summed E-state index contributed by atoms with van der Waals surface area (Å²) in [5, 5.41) is 12.7. The van der Waals surface area contributed by atoms with Crippen LogP contribution in [-0.4, -0.2) is 24.7 Å². The summed E-state index contributed by atoms with van der Waals surface area (Å²) >= 11 is 5.98. The van der Waals surface area contributed by atoms with Crippen molar-refractivity contribution in [2.24, 2.45) is 0 Å². The van der Waals surface area contributed by atoms with Gasteiger partial charge in [0.2, 0.25) is 0 Å². The zero-order chi connectivity index (χ0) is 20.6. The number of hydrogen-bond acceptors (Lipinski definition) is 4. The Hall–Kier alpha value is -3.02. The molecule has 0 saturated heterocycles. The molecule has 0 aliphatic rings. The lowest BCUT2D eigenvalue weighted by Gasteiger charge is -2.12. The van der Waals surface area contributed by atoms with Crippen LogP contribution in [0.4, 0.5) is 5.69 Å². The molecule has 3 aromatic rings. The van der Waals surface area contributed by atoms with Crippen LogP contribution in [0.25, 0.3) is 0 Å². The fourth-order valence-electron chi connectivity index (χ4n) is 2.95. The van der Waals surface area contributed by atoms with Crippen LogP contribution in [0.3, 0.4) is 0 Å². The summed E-state index contributed by atoms with van der Waals surface area (Å²) < 4.78 is 11.2. The Kier molecular flexibility index (Phi) is 7.11. The molecule has 0 bridgehead atoms. The largest absolute Gasteiger partial charge is 0.496 e. The number of rotatable bonds is 8. The zero-order valence-electron chi connectivity index (χ0n) is 16.0. The van der Waals surface area contributed by atoms with E-state index in [4.69, 9.17) is 21.1 Å². The van der Waals surface area contributed by atoms with Gasteiger partial charge < -0.3 is 19.9 Å². The van der Waals surface area contributed by atoms with Crippen molar-refractivity contribution in [2.45, 2.75) is 13.0 Å². The van der Waals surface area contributed by atoms with Crippen LogP contribution in [0.2, 0.25) is 5.02 Å². The molecule has 5 nitrogen and oxygen atoms in total. The number of anilines is 1. The van der Waals surface area contributed by atoms with Gasteiger partial charge in [-0.1, -0.05) is 41.9 Å². The molecule has 0 fully saturated rings. The predicted octanol–water partition coefficient (Wildman–Crippen LogP) is 4.71. The number of nitrogens with one attached hydrogen (secondary N) is 1. The molecule has 3 aromatic carbocycles. The Balaban J connectivity index is 1.64. The summed E-state index contributed by atoms with van der Waals surface area (Å²) in [6.45, 7) is 0.229. The molecule has 0 aliphatic heterocycles. The molecule has 3 rings (SSSR count). The normalized spacial score (nSPS) is 10.4. The molecule has 0 heterocycles. The van der Waals surface area contributed by atoms with Crippen molar-refractivity contribution in [1.29, 1.82) is 0 Å². The molecule has 0 spiro atoms. The second-order valence-electron chi connectivity index (χ2n) is 6.35. The highest BCUT2D eigenvalue weighted by atomic mass is 35.5. The third-order valence-corrected chi connectivity index (χ3v) is 4.65. The minimum absolute atomic E-state index is 0.244. The molecular weight excluding hydrogens is 390 g/mol. The van der Waals surface area contributed by atoms with E-state index < -0.39 is 0 Å². The van der Waals surface area contributed by atoms with E-state index in [-0.39, 0.29) is 12.5 Å². The second-order valence-corrected chi connectivity index (χ2v) is 6.79. The van der Waals surface area contributed by atoms with Gasteiger partial charge in [-0.05, 0) is 41.5 Å². The molecule has 6 heteroatoms. The fourth-order valence-corrected chi connectivity index (χ4v) is 3.12. The standard InChI is InChI=1S/C23H22ClNO4/c1-28-22-8-3-2-5-16(22)11-12-29-20-7-4-6-19(14-20)25-23(27)21-13-18(24)10-9-17(21)15-26/h2-10,13-14,26H,11-12,15H2,1H3,(H,25,27). The molecule has 0 saturated carbocycles. The van der Waals surface area contributed by atoms with Gasteiger partial charge in [-0.15, -0.1) is 0 Å². The number of hydrogen-bond donors (Lipinski definition) is 2. The lowest BCUT2D eigenvalue weighted by molar-refractivity contribution is 0.102. The lowest BCUT2D eigenvalue weighted by atomic mass is 10.1. The van der Waals surface area contributed by atoms with Crippen molar-refractivity contribution in [3.63, 3.8) is 0 Å². The van der Waals surface area contributed by atoms with E-state index in [1.54, 1.807) is 37.4 Å². The third-order valence-electron chi connectivity index (χ3n) is 4.41. The van der Waals surface area contributed by atoms with Crippen molar-refractivity contribution in [3.8, 4) is 11.5 Å². The summed E-state index contributed by atoms with van der Waals surface area (Å²) in [6, 6.07) is 19.8. The van der Waals surface area contributed by atoms with Crippen LogP contribution in [-0.2, 0) is 13.0 Å². The molecule has 1 amide bonds. The highest BCUT2D eigenvalue weighted by Crippen LogP contribution is 2.22. The number of amides is 1. The average Bonchev–Trinajstić information content (AvgIpc) is 2.74.